The van der Waals surface area contributed by atoms with Gasteiger partial charge in [0.2, 0.25) is 0 Å². The number of carbonyl (C=O) groups excluding carboxylic acids is 2. The Kier molecular flexibility index (Phi) is 8.43. The fourth-order valence-electron chi connectivity index (χ4n) is 4.80. The second kappa shape index (κ2) is 12.5. The highest BCUT2D eigenvalue weighted by Gasteiger charge is 2.17. The first-order valence-corrected chi connectivity index (χ1v) is 13.8. The van der Waals surface area contributed by atoms with Crippen LogP contribution < -0.4 is 10.6 Å². The van der Waals surface area contributed by atoms with Crippen LogP contribution in [0.15, 0.2) is 97.3 Å². The average molecular weight is 559 g/mol. The van der Waals surface area contributed by atoms with E-state index in [2.05, 4.69) is 20.6 Å². The minimum Gasteiger partial charge on any atom is -0.347 e. The van der Waals surface area contributed by atoms with Crippen LogP contribution in [0.5, 0.6) is 0 Å². The molecule has 0 saturated heterocycles. The molecule has 0 aliphatic carbocycles. The summed E-state index contributed by atoms with van der Waals surface area (Å²) < 4.78 is 3.67. The summed E-state index contributed by atoms with van der Waals surface area (Å²) in [5, 5.41) is 5.90. The smallest absolute Gasteiger partial charge is 0.270 e. The van der Waals surface area contributed by atoms with E-state index in [9.17, 15) is 9.59 Å². The van der Waals surface area contributed by atoms with E-state index < -0.39 is 0 Å². The largest absolute Gasteiger partial charge is 0.347 e. The van der Waals surface area contributed by atoms with Gasteiger partial charge in [-0.05, 0) is 74.2 Å². The van der Waals surface area contributed by atoms with Gasteiger partial charge in [0, 0.05) is 25.5 Å². The fraction of sp³-hybridized carbons (Fsp3) is 0.176. The fourth-order valence-corrected chi connectivity index (χ4v) is 4.80. The summed E-state index contributed by atoms with van der Waals surface area (Å²) in [6.07, 6.45) is 3.78. The molecule has 0 aliphatic heterocycles. The molecule has 2 aromatic carbocycles. The van der Waals surface area contributed by atoms with Crippen molar-refractivity contribution >= 4 is 23.1 Å². The standard InChI is InChI=1S/2C17H17N3O/c2*1-12-8-9-20-15(10-12)19-13(2)16(20)17(21)18-11-14-6-4-3-5-7-14/h2*3-10H,11H2,1-2H3,(H,18,21). The first kappa shape index (κ1) is 28.3. The van der Waals surface area contributed by atoms with Crippen molar-refractivity contribution in [1.29, 1.82) is 0 Å². The highest BCUT2D eigenvalue weighted by Crippen LogP contribution is 2.15. The Labute approximate surface area is 245 Å². The van der Waals surface area contributed by atoms with Gasteiger partial charge in [0.25, 0.3) is 11.8 Å². The Morgan fingerprint density at radius 2 is 0.976 bits per heavy atom. The van der Waals surface area contributed by atoms with Crippen LogP contribution in [0.3, 0.4) is 0 Å². The van der Waals surface area contributed by atoms with Gasteiger partial charge >= 0.3 is 0 Å². The van der Waals surface area contributed by atoms with Crippen molar-refractivity contribution in [2.75, 3.05) is 0 Å². The van der Waals surface area contributed by atoms with E-state index >= 15 is 0 Å². The molecule has 4 aromatic heterocycles. The monoisotopic (exact) mass is 558 g/mol. The van der Waals surface area contributed by atoms with E-state index in [1.807, 2.05) is 134 Å². The zero-order chi connectivity index (χ0) is 29.6. The highest BCUT2D eigenvalue weighted by atomic mass is 16.2. The lowest BCUT2D eigenvalue weighted by atomic mass is 10.2. The van der Waals surface area contributed by atoms with Gasteiger partial charge in [-0.25, -0.2) is 9.97 Å². The molecule has 0 fully saturated rings. The molecule has 6 aromatic rings. The summed E-state index contributed by atoms with van der Waals surface area (Å²) in [5.74, 6) is -0.208. The molecule has 42 heavy (non-hydrogen) atoms. The molecule has 0 bridgehead atoms. The van der Waals surface area contributed by atoms with Crippen molar-refractivity contribution in [3.8, 4) is 0 Å². The lowest BCUT2D eigenvalue weighted by Crippen LogP contribution is -2.24. The Morgan fingerprint density at radius 3 is 1.36 bits per heavy atom. The van der Waals surface area contributed by atoms with Crippen LogP contribution in [0, 0.1) is 27.7 Å². The van der Waals surface area contributed by atoms with Crippen LogP contribution >= 0.6 is 0 Å². The number of rotatable bonds is 6. The van der Waals surface area contributed by atoms with Gasteiger partial charge in [-0.2, -0.15) is 0 Å². The van der Waals surface area contributed by atoms with Crippen LogP contribution in [0.4, 0.5) is 0 Å². The molecule has 0 atom stereocenters. The number of hydrogen-bond donors (Lipinski definition) is 2. The van der Waals surface area contributed by atoms with Crippen molar-refractivity contribution in [2.24, 2.45) is 0 Å². The van der Waals surface area contributed by atoms with Crippen LogP contribution in [0.2, 0.25) is 0 Å². The average Bonchev–Trinajstić information content (AvgIpc) is 3.50. The SMILES string of the molecule is Cc1ccn2c(C(=O)NCc3ccccc3)c(C)nc2c1.Cc1ccn2c(C(=O)NCc3ccccc3)c(C)nc2c1. The van der Waals surface area contributed by atoms with Gasteiger partial charge in [-0.1, -0.05) is 60.7 Å². The van der Waals surface area contributed by atoms with Gasteiger partial charge in [-0.15, -0.1) is 0 Å². The van der Waals surface area contributed by atoms with Crippen LogP contribution in [-0.4, -0.2) is 30.6 Å². The van der Waals surface area contributed by atoms with Crippen molar-refractivity contribution in [3.05, 3.63) is 142 Å². The van der Waals surface area contributed by atoms with E-state index in [0.29, 0.717) is 24.5 Å². The number of carbonyl (C=O) groups is 2. The first-order valence-electron chi connectivity index (χ1n) is 13.8. The molecular weight excluding hydrogens is 524 g/mol. The third-order valence-corrected chi connectivity index (χ3v) is 6.93. The number of nitrogens with zero attached hydrogens (tertiary/aromatic N) is 4. The molecule has 0 radical (unpaired) electrons. The Bertz CT molecular complexity index is 1720. The summed E-state index contributed by atoms with van der Waals surface area (Å²) in [7, 11) is 0. The topological polar surface area (TPSA) is 92.8 Å². The zero-order valence-electron chi connectivity index (χ0n) is 24.3. The highest BCUT2D eigenvalue weighted by molar-refractivity contribution is 5.95. The molecule has 0 unspecified atom stereocenters. The summed E-state index contributed by atoms with van der Waals surface area (Å²) in [6, 6.07) is 27.6. The summed E-state index contributed by atoms with van der Waals surface area (Å²) in [5.41, 5.74) is 8.70. The number of benzene rings is 2. The van der Waals surface area contributed by atoms with Gasteiger partial charge in [-0.3, -0.25) is 18.4 Å². The number of aryl methyl sites for hydroxylation is 4. The molecule has 0 saturated carbocycles. The van der Waals surface area contributed by atoms with E-state index in [0.717, 1.165) is 44.9 Å². The van der Waals surface area contributed by atoms with E-state index in [1.54, 1.807) is 0 Å². The molecule has 4 heterocycles. The predicted octanol–water partition coefficient (Wildman–Crippen LogP) is 5.76. The second-order valence-corrected chi connectivity index (χ2v) is 10.3. The maximum atomic E-state index is 12.4. The quantitative estimate of drug-likeness (QED) is 0.272. The van der Waals surface area contributed by atoms with Crippen LogP contribution in [0.25, 0.3) is 11.3 Å². The van der Waals surface area contributed by atoms with Gasteiger partial charge in [0.15, 0.2) is 0 Å². The maximum absolute atomic E-state index is 12.4. The molecule has 212 valence electrons. The van der Waals surface area contributed by atoms with E-state index in [1.165, 1.54) is 0 Å². The number of nitrogens with one attached hydrogen (secondary N) is 2. The molecular formula is C34H34N6O2. The number of hydrogen-bond acceptors (Lipinski definition) is 4. The number of imidazole rings is 2. The Morgan fingerprint density at radius 1 is 0.595 bits per heavy atom. The lowest BCUT2D eigenvalue weighted by molar-refractivity contribution is 0.0936. The summed E-state index contributed by atoms with van der Waals surface area (Å²) in [6.45, 7) is 8.77. The summed E-state index contributed by atoms with van der Waals surface area (Å²) >= 11 is 0. The first-order chi connectivity index (χ1) is 20.3. The number of pyridine rings is 2. The predicted molar refractivity (Wildman–Crippen MR) is 165 cm³/mol. The molecule has 6 rings (SSSR count). The second-order valence-electron chi connectivity index (χ2n) is 10.3. The molecule has 8 nitrogen and oxygen atoms in total. The third kappa shape index (κ3) is 6.39. The molecule has 2 amide bonds. The number of aromatic nitrogens is 4. The molecule has 0 spiro atoms. The molecule has 0 aliphatic rings. The minimum absolute atomic E-state index is 0.104. The van der Waals surface area contributed by atoms with Crippen molar-refractivity contribution < 1.29 is 9.59 Å². The normalized spacial score (nSPS) is 10.8. The van der Waals surface area contributed by atoms with Crippen LogP contribution in [-0.2, 0) is 13.1 Å². The van der Waals surface area contributed by atoms with Crippen molar-refractivity contribution in [2.45, 2.75) is 40.8 Å². The Hall–Kier alpha value is -5.24. The van der Waals surface area contributed by atoms with Crippen molar-refractivity contribution in [1.82, 2.24) is 29.4 Å². The number of amides is 2. The lowest BCUT2D eigenvalue weighted by Gasteiger charge is -2.06. The van der Waals surface area contributed by atoms with Gasteiger partial charge < -0.3 is 10.6 Å². The van der Waals surface area contributed by atoms with E-state index in [4.69, 9.17) is 0 Å². The minimum atomic E-state index is -0.104. The maximum Gasteiger partial charge on any atom is 0.270 e. The van der Waals surface area contributed by atoms with Crippen LogP contribution in [0.1, 0.15) is 54.6 Å². The van der Waals surface area contributed by atoms with Gasteiger partial charge in [0.1, 0.15) is 22.7 Å². The van der Waals surface area contributed by atoms with Crippen molar-refractivity contribution in [3.63, 3.8) is 0 Å². The van der Waals surface area contributed by atoms with Gasteiger partial charge in [0.05, 0.1) is 11.4 Å². The molecule has 8 heteroatoms. The number of fused-ring (bicyclic) bond motifs is 2. The summed E-state index contributed by atoms with van der Waals surface area (Å²) in [4.78, 5) is 33.8. The van der Waals surface area contributed by atoms with E-state index in [-0.39, 0.29) is 11.8 Å². The molecule has 2 N–H and O–H groups in total. The Balaban J connectivity index is 0.000000168. The zero-order valence-corrected chi connectivity index (χ0v) is 24.3. The third-order valence-electron chi connectivity index (χ3n) is 6.93.